The molecule has 2 saturated heterocycles. The molecule has 2 unspecified atom stereocenters. The van der Waals surface area contributed by atoms with Crippen molar-refractivity contribution in [2.24, 2.45) is 5.92 Å². The number of amides is 1. The summed E-state index contributed by atoms with van der Waals surface area (Å²) in [6.07, 6.45) is 1.62. The highest BCUT2D eigenvalue weighted by Gasteiger charge is 2.28. The smallest absolute Gasteiger partial charge is 0.224 e. The van der Waals surface area contributed by atoms with Crippen molar-refractivity contribution in [1.29, 1.82) is 0 Å². The Balaban J connectivity index is 1.72. The summed E-state index contributed by atoms with van der Waals surface area (Å²) in [5.41, 5.74) is 0. The molecule has 2 atom stereocenters. The average Bonchev–Trinajstić information content (AvgIpc) is 2.79. The van der Waals surface area contributed by atoms with Gasteiger partial charge in [-0.1, -0.05) is 0 Å². The average molecular weight is 242 g/mol. The van der Waals surface area contributed by atoms with Gasteiger partial charge < -0.3 is 19.7 Å². The molecule has 0 spiro atoms. The molecule has 2 aliphatic heterocycles. The van der Waals surface area contributed by atoms with Gasteiger partial charge in [0.1, 0.15) is 0 Å². The van der Waals surface area contributed by atoms with Crippen molar-refractivity contribution in [3.05, 3.63) is 0 Å². The molecule has 0 aromatic carbocycles. The standard InChI is InChI=1S/C12H22N2O3/c1-16-8-10-2-4-14(7-10)12(15)6-11-9-17-5-3-13-11/h10-11,13H,2-9H2,1H3. The number of nitrogens with one attached hydrogen (secondary N) is 1. The van der Waals surface area contributed by atoms with Gasteiger partial charge in [0.25, 0.3) is 0 Å². The monoisotopic (exact) mass is 242 g/mol. The molecule has 0 aromatic heterocycles. The molecule has 2 rings (SSSR count). The zero-order valence-electron chi connectivity index (χ0n) is 10.5. The normalized spacial score (nSPS) is 29.6. The van der Waals surface area contributed by atoms with Crippen molar-refractivity contribution < 1.29 is 14.3 Å². The van der Waals surface area contributed by atoms with E-state index in [1.807, 2.05) is 4.90 Å². The highest BCUT2D eigenvalue weighted by molar-refractivity contribution is 5.77. The Morgan fingerprint density at radius 2 is 2.47 bits per heavy atom. The second kappa shape index (κ2) is 6.33. The quantitative estimate of drug-likeness (QED) is 0.745. The number of hydrogen-bond acceptors (Lipinski definition) is 4. The lowest BCUT2D eigenvalue weighted by atomic mass is 10.1. The van der Waals surface area contributed by atoms with E-state index in [-0.39, 0.29) is 11.9 Å². The van der Waals surface area contributed by atoms with Gasteiger partial charge in [0.05, 0.1) is 19.8 Å². The van der Waals surface area contributed by atoms with E-state index in [1.54, 1.807) is 7.11 Å². The van der Waals surface area contributed by atoms with Crippen molar-refractivity contribution in [2.45, 2.75) is 18.9 Å². The highest BCUT2D eigenvalue weighted by Crippen LogP contribution is 2.17. The molecule has 5 heteroatoms. The summed E-state index contributed by atoms with van der Waals surface area (Å²) < 4.78 is 10.5. The number of hydrogen-bond donors (Lipinski definition) is 1. The number of nitrogens with zero attached hydrogens (tertiary/aromatic N) is 1. The van der Waals surface area contributed by atoms with E-state index in [0.717, 1.165) is 39.3 Å². The van der Waals surface area contributed by atoms with Crippen LogP contribution in [0.4, 0.5) is 0 Å². The minimum atomic E-state index is 0.192. The minimum absolute atomic E-state index is 0.192. The van der Waals surface area contributed by atoms with Gasteiger partial charge in [0.2, 0.25) is 5.91 Å². The maximum atomic E-state index is 12.1. The van der Waals surface area contributed by atoms with Crippen LogP contribution in [-0.4, -0.2) is 63.4 Å². The number of methoxy groups -OCH3 is 1. The molecule has 1 N–H and O–H groups in total. The van der Waals surface area contributed by atoms with Crippen molar-refractivity contribution >= 4 is 5.91 Å². The summed E-state index contributed by atoms with van der Waals surface area (Å²) in [5, 5.41) is 3.31. The van der Waals surface area contributed by atoms with Crippen LogP contribution >= 0.6 is 0 Å². The molecule has 0 aliphatic carbocycles. The predicted octanol–water partition coefficient (Wildman–Crippen LogP) is -0.140. The number of carbonyl (C=O) groups excluding carboxylic acids is 1. The fourth-order valence-corrected chi connectivity index (χ4v) is 2.52. The summed E-state index contributed by atoms with van der Waals surface area (Å²) in [5.74, 6) is 0.756. The molecule has 0 bridgehead atoms. The van der Waals surface area contributed by atoms with E-state index in [1.165, 1.54) is 0 Å². The Morgan fingerprint density at radius 3 is 3.18 bits per heavy atom. The Kier molecular flexibility index (Phi) is 4.76. The molecular formula is C12H22N2O3. The molecule has 2 aliphatic rings. The highest BCUT2D eigenvalue weighted by atomic mass is 16.5. The fraction of sp³-hybridized carbons (Fsp3) is 0.917. The maximum absolute atomic E-state index is 12.1. The fourth-order valence-electron chi connectivity index (χ4n) is 2.52. The first-order chi connectivity index (χ1) is 8.29. The zero-order valence-corrected chi connectivity index (χ0v) is 10.5. The van der Waals surface area contributed by atoms with Crippen molar-refractivity contribution in [2.75, 3.05) is 46.6 Å². The topological polar surface area (TPSA) is 50.8 Å². The van der Waals surface area contributed by atoms with Crippen LogP contribution in [0.1, 0.15) is 12.8 Å². The molecule has 0 aromatic rings. The largest absolute Gasteiger partial charge is 0.384 e. The van der Waals surface area contributed by atoms with Gasteiger partial charge in [0, 0.05) is 45.1 Å². The number of morpholine rings is 1. The molecule has 17 heavy (non-hydrogen) atoms. The molecule has 1 amide bonds. The Labute approximate surface area is 102 Å². The zero-order chi connectivity index (χ0) is 12.1. The summed E-state index contributed by atoms with van der Waals surface area (Å²) in [6, 6.07) is 0.192. The third-order valence-corrected chi connectivity index (χ3v) is 3.46. The van der Waals surface area contributed by atoms with E-state index >= 15 is 0 Å². The van der Waals surface area contributed by atoms with Gasteiger partial charge in [0.15, 0.2) is 0 Å². The summed E-state index contributed by atoms with van der Waals surface area (Å²) in [7, 11) is 1.72. The molecule has 98 valence electrons. The first-order valence-corrected chi connectivity index (χ1v) is 6.37. The van der Waals surface area contributed by atoms with Gasteiger partial charge in [-0.15, -0.1) is 0 Å². The van der Waals surface area contributed by atoms with Crippen molar-refractivity contribution in [3.8, 4) is 0 Å². The van der Waals surface area contributed by atoms with E-state index in [4.69, 9.17) is 9.47 Å². The van der Waals surface area contributed by atoms with Gasteiger partial charge in [-0.2, -0.15) is 0 Å². The number of ether oxygens (including phenoxy) is 2. The van der Waals surface area contributed by atoms with E-state index in [2.05, 4.69) is 5.32 Å². The Hall–Kier alpha value is -0.650. The van der Waals surface area contributed by atoms with Crippen LogP contribution in [-0.2, 0) is 14.3 Å². The lowest BCUT2D eigenvalue weighted by molar-refractivity contribution is -0.131. The van der Waals surface area contributed by atoms with Crippen LogP contribution in [0, 0.1) is 5.92 Å². The first kappa shape index (κ1) is 12.8. The van der Waals surface area contributed by atoms with Crippen LogP contribution in [0.25, 0.3) is 0 Å². The molecule has 0 radical (unpaired) electrons. The second-order valence-corrected chi connectivity index (χ2v) is 4.88. The summed E-state index contributed by atoms with van der Waals surface area (Å²) in [6.45, 7) is 4.74. The van der Waals surface area contributed by atoms with E-state index in [9.17, 15) is 4.79 Å². The first-order valence-electron chi connectivity index (χ1n) is 6.37. The second-order valence-electron chi connectivity index (χ2n) is 4.88. The van der Waals surface area contributed by atoms with Crippen LogP contribution < -0.4 is 5.32 Å². The number of carbonyl (C=O) groups is 1. The van der Waals surface area contributed by atoms with E-state index < -0.39 is 0 Å². The van der Waals surface area contributed by atoms with Crippen molar-refractivity contribution in [3.63, 3.8) is 0 Å². The lowest BCUT2D eigenvalue weighted by Crippen LogP contribution is -2.44. The van der Waals surface area contributed by atoms with E-state index in [0.29, 0.717) is 18.9 Å². The van der Waals surface area contributed by atoms with Crippen LogP contribution in [0.5, 0.6) is 0 Å². The van der Waals surface area contributed by atoms with Crippen LogP contribution in [0.2, 0.25) is 0 Å². The van der Waals surface area contributed by atoms with Gasteiger partial charge in [-0.25, -0.2) is 0 Å². The summed E-state index contributed by atoms with van der Waals surface area (Å²) >= 11 is 0. The molecule has 2 fully saturated rings. The van der Waals surface area contributed by atoms with Gasteiger partial charge in [-0.05, 0) is 6.42 Å². The molecule has 0 saturated carbocycles. The van der Waals surface area contributed by atoms with Crippen LogP contribution in [0.3, 0.4) is 0 Å². The van der Waals surface area contributed by atoms with Gasteiger partial charge >= 0.3 is 0 Å². The SMILES string of the molecule is COCC1CCN(C(=O)CC2COCCN2)C1. The molecule has 2 heterocycles. The molecule has 5 nitrogen and oxygen atoms in total. The van der Waals surface area contributed by atoms with Gasteiger partial charge in [-0.3, -0.25) is 4.79 Å². The van der Waals surface area contributed by atoms with Crippen molar-refractivity contribution in [1.82, 2.24) is 10.2 Å². The Bertz CT molecular complexity index is 254. The third-order valence-electron chi connectivity index (χ3n) is 3.46. The Morgan fingerprint density at radius 1 is 1.59 bits per heavy atom. The number of likely N-dealkylation sites (tertiary alicyclic amines) is 1. The third kappa shape index (κ3) is 3.66. The lowest BCUT2D eigenvalue weighted by Gasteiger charge is -2.25. The van der Waals surface area contributed by atoms with Crippen LogP contribution in [0.15, 0.2) is 0 Å². The molecular weight excluding hydrogens is 220 g/mol. The number of rotatable bonds is 4. The summed E-state index contributed by atoms with van der Waals surface area (Å²) in [4.78, 5) is 14.0. The maximum Gasteiger partial charge on any atom is 0.224 e. The predicted molar refractivity (Wildman–Crippen MR) is 63.8 cm³/mol. The minimum Gasteiger partial charge on any atom is -0.384 e.